The molecule has 17 atom stereocenters. The maximum absolute atomic E-state index is 13.4. The first-order valence-corrected chi connectivity index (χ1v) is 37.8. The zero-order chi connectivity index (χ0) is 69.6. The average Bonchev–Trinajstić information content (AvgIpc) is 0.785. The van der Waals surface area contributed by atoms with Crippen molar-refractivity contribution in [2.45, 2.75) is 369 Å². The third-order valence-corrected chi connectivity index (χ3v) is 18.4. The van der Waals surface area contributed by atoms with Gasteiger partial charge < -0.3 is 89.9 Å². The molecule has 3 heterocycles. The Kier molecular flexibility index (Phi) is 52.3. The number of unbranched alkanes of at least 4 members (excludes halogenated alkanes) is 30. The first-order valence-electron chi connectivity index (χ1n) is 37.8. The van der Waals surface area contributed by atoms with Crippen molar-refractivity contribution in [3.63, 3.8) is 0 Å². The maximum atomic E-state index is 13.4. The largest absolute Gasteiger partial charge is 0.394 e. The molecule has 0 aromatic carbocycles. The summed E-state index contributed by atoms with van der Waals surface area (Å²) in [6, 6.07) is -1.00. The van der Waals surface area contributed by atoms with Crippen molar-refractivity contribution in [2.24, 2.45) is 0 Å². The molecule has 3 rings (SSSR count). The molecule has 556 valence electrons. The molecule has 3 aliphatic rings. The third kappa shape index (κ3) is 38.1. The van der Waals surface area contributed by atoms with Gasteiger partial charge in [0.15, 0.2) is 18.9 Å². The van der Waals surface area contributed by atoms with E-state index in [0.717, 1.165) is 77.0 Å². The van der Waals surface area contributed by atoms with Gasteiger partial charge in [-0.1, -0.05) is 272 Å². The van der Waals surface area contributed by atoms with Crippen molar-refractivity contribution >= 4 is 5.91 Å². The van der Waals surface area contributed by atoms with Crippen molar-refractivity contribution in [3.05, 3.63) is 85.1 Å². The van der Waals surface area contributed by atoms with Crippen molar-refractivity contribution < 1.29 is 89.4 Å². The van der Waals surface area contributed by atoms with Crippen LogP contribution in [0.4, 0.5) is 0 Å². The van der Waals surface area contributed by atoms with E-state index in [4.69, 9.17) is 28.4 Å². The molecule has 12 N–H and O–H groups in total. The fourth-order valence-electron chi connectivity index (χ4n) is 12.4. The average molecular weight is 1360 g/mol. The second-order valence-electron chi connectivity index (χ2n) is 26.7. The molecule has 19 heteroatoms. The zero-order valence-corrected chi connectivity index (χ0v) is 59.1. The molecule has 0 aromatic heterocycles. The standard InChI is InChI=1S/C77H135NO18/c1-3-5-7-9-11-13-15-17-19-21-23-25-26-27-28-29-30-31-32-33-35-36-38-40-42-44-46-48-50-52-54-61(82)60(78-65(83)55-53-51-49-47-45-43-41-39-37-34-24-22-20-18-16-14-12-10-8-6-4-2)59-91-75-71(89)68(86)73(63(57-80)93-75)96-77-72(90)69(87)74(64(58-81)94-77)95-76-70(88)67(85)66(84)62(56-79)92-76/h6,8,12,14,18,20,24,34,39,41,45,47,52,54,60-64,66-77,79-82,84-90H,3-5,7,9-11,13,15-17,19,21-23,25-33,35-38,40,42-44,46,48-51,53,55-59H2,1-2H3,(H,78,83)/b8-6-,14-12-,20-18-,34-24-,41-39-,47-45-,54-52+. The SMILES string of the molecule is CC/C=C\C/C=C\C/C=C\C/C=C\C/C=C\C/C=C\CCCCC(=O)NC(COC1OC(CO)C(OC2OC(CO)C(OC3OC(CO)C(O)C(O)C3O)C(O)C2O)C(O)C1O)C(O)/C=C/CCCCCCCCCCCCCCCCCCCCCCCCCCCCCC. The lowest BCUT2D eigenvalue weighted by atomic mass is 9.96. The van der Waals surface area contributed by atoms with Crippen LogP contribution in [0.5, 0.6) is 0 Å². The Hall–Kier alpha value is -3.03. The second kappa shape index (κ2) is 57.6. The Labute approximate surface area is 578 Å². The number of carbonyl (C=O) groups excluding carboxylic acids is 1. The minimum absolute atomic E-state index is 0.184. The maximum Gasteiger partial charge on any atom is 0.220 e. The summed E-state index contributed by atoms with van der Waals surface area (Å²) in [7, 11) is 0. The molecule has 0 radical (unpaired) electrons. The minimum atomic E-state index is -1.99. The van der Waals surface area contributed by atoms with Gasteiger partial charge in [0.2, 0.25) is 5.91 Å². The highest BCUT2D eigenvalue weighted by atomic mass is 16.8. The molecule has 0 saturated carbocycles. The molecule has 96 heavy (non-hydrogen) atoms. The molecule has 0 aromatic rings. The highest BCUT2D eigenvalue weighted by Gasteiger charge is 2.53. The van der Waals surface area contributed by atoms with Gasteiger partial charge in [-0.15, -0.1) is 0 Å². The predicted molar refractivity (Wildman–Crippen MR) is 378 cm³/mol. The van der Waals surface area contributed by atoms with Crippen LogP contribution in [-0.4, -0.2) is 193 Å². The number of nitrogens with one attached hydrogen (secondary N) is 1. The van der Waals surface area contributed by atoms with Crippen molar-refractivity contribution in [2.75, 3.05) is 26.4 Å². The van der Waals surface area contributed by atoms with Crippen LogP contribution in [-0.2, 0) is 33.2 Å². The molecular weight excluding hydrogens is 1230 g/mol. The number of allylic oxidation sites excluding steroid dienone is 13. The molecule has 3 fully saturated rings. The predicted octanol–water partition coefficient (Wildman–Crippen LogP) is 11.4. The van der Waals surface area contributed by atoms with E-state index >= 15 is 0 Å². The molecule has 0 bridgehead atoms. The molecule has 1 amide bonds. The topological polar surface area (TPSA) is 307 Å². The lowest BCUT2D eigenvalue weighted by Crippen LogP contribution is -2.66. The lowest BCUT2D eigenvalue weighted by molar-refractivity contribution is -0.379. The van der Waals surface area contributed by atoms with E-state index in [2.05, 4.69) is 92.1 Å². The van der Waals surface area contributed by atoms with E-state index in [-0.39, 0.29) is 18.9 Å². The number of aliphatic hydroxyl groups excluding tert-OH is 11. The van der Waals surface area contributed by atoms with E-state index in [1.807, 2.05) is 6.08 Å². The zero-order valence-electron chi connectivity index (χ0n) is 59.1. The monoisotopic (exact) mass is 1360 g/mol. The van der Waals surface area contributed by atoms with E-state index in [1.165, 1.54) is 161 Å². The number of rotatable bonds is 58. The second-order valence-corrected chi connectivity index (χ2v) is 26.7. The summed E-state index contributed by atoms with van der Waals surface area (Å²) >= 11 is 0. The number of ether oxygens (including phenoxy) is 6. The van der Waals surface area contributed by atoms with Crippen LogP contribution in [0, 0.1) is 0 Å². The van der Waals surface area contributed by atoms with Gasteiger partial charge in [-0.3, -0.25) is 4.79 Å². The molecule has 0 aliphatic carbocycles. The lowest BCUT2D eigenvalue weighted by Gasteiger charge is -2.48. The number of hydrogen-bond acceptors (Lipinski definition) is 18. The normalized spacial score (nSPS) is 27.5. The van der Waals surface area contributed by atoms with Gasteiger partial charge in [-0.2, -0.15) is 0 Å². The fourth-order valence-corrected chi connectivity index (χ4v) is 12.4. The summed E-state index contributed by atoms with van der Waals surface area (Å²) in [6.45, 7) is 1.60. The molecule has 3 saturated heterocycles. The Balaban J connectivity index is 1.41. The third-order valence-electron chi connectivity index (χ3n) is 18.4. The van der Waals surface area contributed by atoms with E-state index in [0.29, 0.717) is 6.42 Å². The number of aliphatic hydroxyl groups is 11. The highest BCUT2D eigenvalue weighted by molar-refractivity contribution is 5.76. The Bertz CT molecular complexity index is 2070. The van der Waals surface area contributed by atoms with Crippen LogP contribution in [0.3, 0.4) is 0 Å². The van der Waals surface area contributed by atoms with E-state index in [1.54, 1.807) is 6.08 Å². The summed E-state index contributed by atoms with van der Waals surface area (Å²) in [4.78, 5) is 13.4. The fraction of sp³-hybridized carbons (Fsp3) is 0.805. The van der Waals surface area contributed by atoms with Crippen LogP contribution < -0.4 is 5.32 Å². The van der Waals surface area contributed by atoms with Gasteiger partial charge >= 0.3 is 0 Å². The summed E-state index contributed by atoms with van der Waals surface area (Å²) in [5.74, 6) is -0.318. The van der Waals surface area contributed by atoms with E-state index in [9.17, 15) is 61.0 Å². The molecular formula is C77H135NO18. The van der Waals surface area contributed by atoms with Crippen LogP contribution in [0.15, 0.2) is 85.1 Å². The Morgan fingerprint density at radius 3 is 1.12 bits per heavy atom. The van der Waals surface area contributed by atoms with Gasteiger partial charge in [0.25, 0.3) is 0 Å². The quantitative estimate of drug-likeness (QED) is 0.0199. The van der Waals surface area contributed by atoms with Gasteiger partial charge in [0, 0.05) is 6.42 Å². The summed E-state index contributed by atoms with van der Waals surface area (Å²) in [5, 5.41) is 121. The van der Waals surface area contributed by atoms with Gasteiger partial charge in [-0.05, 0) is 70.6 Å². The smallest absolute Gasteiger partial charge is 0.220 e. The van der Waals surface area contributed by atoms with Crippen molar-refractivity contribution in [1.82, 2.24) is 5.32 Å². The number of amides is 1. The number of hydrogen-bond donors (Lipinski definition) is 12. The van der Waals surface area contributed by atoms with Gasteiger partial charge in [0.1, 0.15) is 73.2 Å². The van der Waals surface area contributed by atoms with Crippen LogP contribution >= 0.6 is 0 Å². The summed E-state index contributed by atoms with van der Waals surface area (Å²) in [5.41, 5.74) is 0. The summed E-state index contributed by atoms with van der Waals surface area (Å²) in [6.07, 6.45) is 48.6. The van der Waals surface area contributed by atoms with Crippen LogP contribution in [0.1, 0.15) is 264 Å². The van der Waals surface area contributed by atoms with E-state index < -0.39 is 124 Å². The van der Waals surface area contributed by atoms with Crippen molar-refractivity contribution in [1.29, 1.82) is 0 Å². The Morgan fingerprint density at radius 2 is 0.719 bits per heavy atom. The van der Waals surface area contributed by atoms with Crippen LogP contribution in [0.2, 0.25) is 0 Å². The first-order chi connectivity index (χ1) is 46.8. The van der Waals surface area contributed by atoms with Crippen molar-refractivity contribution in [3.8, 4) is 0 Å². The molecule has 19 nitrogen and oxygen atoms in total. The number of carbonyl (C=O) groups is 1. The Morgan fingerprint density at radius 1 is 0.385 bits per heavy atom. The van der Waals surface area contributed by atoms with Gasteiger partial charge in [-0.25, -0.2) is 0 Å². The molecule has 3 aliphatic heterocycles. The molecule has 0 spiro atoms. The summed E-state index contributed by atoms with van der Waals surface area (Å²) < 4.78 is 34.4. The van der Waals surface area contributed by atoms with Gasteiger partial charge in [0.05, 0.1) is 38.6 Å². The minimum Gasteiger partial charge on any atom is -0.394 e. The highest BCUT2D eigenvalue weighted by Crippen LogP contribution is 2.33. The van der Waals surface area contributed by atoms with Crippen LogP contribution in [0.25, 0.3) is 0 Å². The molecule has 17 unspecified atom stereocenters. The first kappa shape index (κ1) is 87.2.